The van der Waals surface area contributed by atoms with Gasteiger partial charge in [0.2, 0.25) is 0 Å². The molecule has 0 amide bonds. The molecule has 0 spiro atoms. The molecule has 0 fully saturated rings. The highest BCUT2D eigenvalue weighted by Crippen LogP contribution is 2.31. The molecule has 0 saturated heterocycles. The predicted molar refractivity (Wildman–Crippen MR) is 51.1 cm³/mol. The van der Waals surface area contributed by atoms with Gasteiger partial charge in [0.25, 0.3) is 0 Å². The van der Waals surface area contributed by atoms with Crippen molar-refractivity contribution in [3.8, 4) is 0 Å². The summed E-state index contributed by atoms with van der Waals surface area (Å²) >= 11 is 5.14. The minimum atomic E-state index is 0.390. The third-order valence-corrected chi connectivity index (χ3v) is 2.53. The molecular weight excluding hydrogens is 154 g/mol. The Morgan fingerprint density at radius 3 is 2.82 bits per heavy atom. The number of nitrogens with one attached hydrogen (secondary N) is 1. The molecule has 1 atom stereocenters. The molecular formula is C9H9NS. The fraction of sp³-hybridized carbons (Fsp3) is 0.222. The number of benzene rings is 1. The first-order valence-electron chi connectivity index (χ1n) is 3.69. The third-order valence-electron chi connectivity index (χ3n) is 2.08. The van der Waals surface area contributed by atoms with Gasteiger partial charge in [0, 0.05) is 11.6 Å². The molecule has 0 radical (unpaired) electrons. The Hall–Kier alpha value is -0.890. The molecule has 1 nitrogen and oxygen atoms in total. The highest BCUT2D eigenvalue weighted by molar-refractivity contribution is 7.80. The van der Waals surface area contributed by atoms with Crippen LogP contribution in [0.2, 0.25) is 0 Å². The quantitative estimate of drug-likeness (QED) is 0.590. The van der Waals surface area contributed by atoms with Crippen LogP contribution in [0.4, 0.5) is 5.69 Å². The van der Waals surface area contributed by atoms with E-state index in [4.69, 9.17) is 12.2 Å². The number of thiocarbonyl (C=S) groups is 1. The van der Waals surface area contributed by atoms with Gasteiger partial charge in [-0.15, -0.1) is 0 Å². The summed E-state index contributed by atoms with van der Waals surface area (Å²) in [6, 6.07) is 8.24. The van der Waals surface area contributed by atoms with Gasteiger partial charge in [-0.1, -0.05) is 37.3 Å². The van der Waals surface area contributed by atoms with Gasteiger partial charge in [0.15, 0.2) is 0 Å². The van der Waals surface area contributed by atoms with Crippen molar-refractivity contribution >= 4 is 22.9 Å². The molecule has 1 N–H and O–H groups in total. The van der Waals surface area contributed by atoms with Gasteiger partial charge in [-0.05, 0) is 11.6 Å². The Kier molecular flexibility index (Phi) is 1.43. The Bertz CT molecular complexity index is 306. The van der Waals surface area contributed by atoms with E-state index >= 15 is 0 Å². The Morgan fingerprint density at radius 2 is 2.09 bits per heavy atom. The average Bonchev–Trinajstić information content (AvgIpc) is 2.30. The largest absolute Gasteiger partial charge is 0.349 e. The van der Waals surface area contributed by atoms with Crippen molar-refractivity contribution in [2.45, 2.75) is 12.8 Å². The van der Waals surface area contributed by atoms with E-state index in [0.717, 1.165) is 4.99 Å². The predicted octanol–water partition coefficient (Wildman–Crippen LogP) is 2.54. The maximum atomic E-state index is 5.14. The molecule has 1 aromatic rings. The van der Waals surface area contributed by atoms with Crippen molar-refractivity contribution in [1.82, 2.24) is 0 Å². The van der Waals surface area contributed by atoms with Gasteiger partial charge in [-0.2, -0.15) is 0 Å². The van der Waals surface area contributed by atoms with Crippen LogP contribution >= 0.6 is 12.2 Å². The summed E-state index contributed by atoms with van der Waals surface area (Å²) in [5, 5.41) is 3.18. The lowest BCUT2D eigenvalue weighted by Crippen LogP contribution is -2.05. The topological polar surface area (TPSA) is 12.0 Å². The lowest BCUT2D eigenvalue weighted by Gasteiger charge is -1.99. The fourth-order valence-electron chi connectivity index (χ4n) is 1.37. The Labute approximate surface area is 71.4 Å². The van der Waals surface area contributed by atoms with E-state index in [1.54, 1.807) is 0 Å². The highest BCUT2D eigenvalue weighted by Gasteiger charge is 2.21. The fourth-order valence-corrected chi connectivity index (χ4v) is 1.61. The van der Waals surface area contributed by atoms with Gasteiger partial charge < -0.3 is 5.32 Å². The van der Waals surface area contributed by atoms with E-state index in [0.29, 0.717) is 5.92 Å². The van der Waals surface area contributed by atoms with Crippen LogP contribution in [0.1, 0.15) is 18.4 Å². The maximum absolute atomic E-state index is 5.14. The molecule has 0 bridgehead atoms. The monoisotopic (exact) mass is 163 g/mol. The van der Waals surface area contributed by atoms with E-state index < -0.39 is 0 Å². The summed E-state index contributed by atoms with van der Waals surface area (Å²) in [5.41, 5.74) is 2.49. The van der Waals surface area contributed by atoms with Crippen LogP contribution in [0.15, 0.2) is 24.3 Å². The van der Waals surface area contributed by atoms with E-state index in [-0.39, 0.29) is 0 Å². The van der Waals surface area contributed by atoms with Crippen LogP contribution in [0.25, 0.3) is 0 Å². The van der Waals surface area contributed by atoms with Gasteiger partial charge in [-0.25, -0.2) is 0 Å². The normalized spacial score (nSPS) is 21.2. The molecule has 0 unspecified atom stereocenters. The number of fused-ring (bicyclic) bond motifs is 1. The van der Waals surface area contributed by atoms with Crippen LogP contribution in [-0.4, -0.2) is 4.99 Å². The van der Waals surface area contributed by atoms with E-state index in [2.05, 4.69) is 24.4 Å². The number of anilines is 1. The maximum Gasteiger partial charge on any atom is 0.0871 e. The Balaban J connectivity index is 2.55. The van der Waals surface area contributed by atoms with Crippen LogP contribution in [0.3, 0.4) is 0 Å². The molecule has 1 aliphatic heterocycles. The lowest BCUT2D eigenvalue weighted by molar-refractivity contribution is 1.07. The van der Waals surface area contributed by atoms with E-state index in [1.807, 2.05) is 12.1 Å². The molecule has 0 saturated carbocycles. The van der Waals surface area contributed by atoms with Crippen LogP contribution in [-0.2, 0) is 0 Å². The van der Waals surface area contributed by atoms with Crippen molar-refractivity contribution in [3.05, 3.63) is 29.8 Å². The van der Waals surface area contributed by atoms with Crippen LogP contribution in [0.5, 0.6) is 0 Å². The highest BCUT2D eigenvalue weighted by atomic mass is 32.1. The van der Waals surface area contributed by atoms with Crippen molar-refractivity contribution in [2.75, 3.05) is 5.32 Å². The second-order valence-electron chi connectivity index (χ2n) is 2.80. The molecule has 1 aliphatic rings. The number of hydrogen-bond acceptors (Lipinski definition) is 1. The summed E-state index contributed by atoms with van der Waals surface area (Å²) in [4.78, 5) is 0.936. The lowest BCUT2D eigenvalue weighted by atomic mass is 10.0. The van der Waals surface area contributed by atoms with Gasteiger partial charge in [-0.3, -0.25) is 0 Å². The number of rotatable bonds is 0. The van der Waals surface area contributed by atoms with Gasteiger partial charge in [0.1, 0.15) is 0 Å². The van der Waals surface area contributed by atoms with Crippen LogP contribution in [0, 0.1) is 0 Å². The van der Waals surface area contributed by atoms with Crippen molar-refractivity contribution in [2.24, 2.45) is 0 Å². The SMILES string of the molecule is C[C@H]1C(=S)Nc2ccccc21. The zero-order valence-corrected chi connectivity index (χ0v) is 7.11. The first kappa shape index (κ1) is 6.80. The summed E-state index contributed by atoms with van der Waals surface area (Å²) in [6.07, 6.45) is 0. The molecule has 11 heavy (non-hydrogen) atoms. The minimum absolute atomic E-state index is 0.390. The van der Waals surface area contributed by atoms with Crippen molar-refractivity contribution in [1.29, 1.82) is 0 Å². The molecule has 1 heterocycles. The first-order valence-corrected chi connectivity index (χ1v) is 4.09. The standard InChI is InChI=1S/C9H9NS/c1-6-7-4-2-3-5-8(7)10-9(6)11/h2-6H,1H3,(H,10,11)/t6-/m1/s1. The number of hydrogen-bond donors (Lipinski definition) is 1. The molecule has 2 rings (SSSR count). The smallest absolute Gasteiger partial charge is 0.0871 e. The van der Waals surface area contributed by atoms with Crippen molar-refractivity contribution in [3.63, 3.8) is 0 Å². The zero-order valence-electron chi connectivity index (χ0n) is 6.29. The summed E-state index contributed by atoms with van der Waals surface area (Å²) in [6.45, 7) is 2.13. The van der Waals surface area contributed by atoms with Gasteiger partial charge in [0.05, 0.1) is 4.99 Å². The summed E-state index contributed by atoms with van der Waals surface area (Å²) in [7, 11) is 0. The van der Waals surface area contributed by atoms with E-state index in [1.165, 1.54) is 11.3 Å². The Morgan fingerprint density at radius 1 is 1.36 bits per heavy atom. The molecule has 2 heteroatoms. The van der Waals surface area contributed by atoms with Gasteiger partial charge >= 0.3 is 0 Å². The van der Waals surface area contributed by atoms with Crippen LogP contribution < -0.4 is 5.32 Å². The van der Waals surface area contributed by atoms with E-state index in [9.17, 15) is 0 Å². The first-order chi connectivity index (χ1) is 5.29. The molecule has 0 aliphatic carbocycles. The summed E-state index contributed by atoms with van der Waals surface area (Å²) < 4.78 is 0. The zero-order chi connectivity index (χ0) is 7.84. The second kappa shape index (κ2) is 2.31. The number of para-hydroxylation sites is 1. The molecule has 56 valence electrons. The minimum Gasteiger partial charge on any atom is -0.349 e. The molecule has 1 aromatic carbocycles. The molecule has 0 aromatic heterocycles. The van der Waals surface area contributed by atoms with Crippen molar-refractivity contribution < 1.29 is 0 Å². The summed E-state index contributed by atoms with van der Waals surface area (Å²) in [5.74, 6) is 0.390. The third kappa shape index (κ3) is 0.942. The second-order valence-corrected chi connectivity index (χ2v) is 3.24. The average molecular weight is 163 g/mol.